The molecular formula is C17H23N3O. The molecule has 0 aliphatic rings. The van der Waals surface area contributed by atoms with Crippen molar-refractivity contribution in [3.63, 3.8) is 0 Å². The van der Waals surface area contributed by atoms with Crippen LogP contribution in [0, 0.1) is 6.92 Å². The summed E-state index contributed by atoms with van der Waals surface area (Å²) in [5, 5.41) is 6.51. The second-order valence-corrected chi connectivity index (χ2v) is 6.56. The maximum absolute atomic E-state index is 12.3. The number of hydrogen-bond acceptors (Lipinski definition) is 2. The summed E-state index contributed by atoms with van der Waals surface area (Å²) in [6.45, 7) is 9.25. The molecule has 1 amide bonds. The van der Waals surface area contributed by atoms with Gasteiger partial charge in [-0.1, -0.05) is 44.5 Å². The summed E-state index contributed by atoms with van der Waals surface area (Å²) in [6.07, 6.45) is 3.18. The number of aromatic nitrogens is 2. The number of benzene rings is 1. The smallest absolute Gasteiger partial charge is 0.257 e. The molecule has 0 unspecified atom stereocenters. The van der Waals surface area contributed by atoms with Gasteiger partial charge < -0.3 is 4.90 Å². The van der Waals surface area contributed by atoms with Crippen molar-refractivity contribution in [3.05, 3.63) is 52.8 Å². The Hall–Kier alpha value is -2.10. The molecule has 0 atom stereocenters. The molecule has 1 N–H and O–H groups in total. The van der Waals surface area contributed by atoms with Crippen molar-refractivity contribution >= 4 is 5.91 Å². The molecule has 0 aliphatic heterocycles. The Morgan fingerprint density at radius 3 is 2.62 bits per heavy atom. The SMILES string of the molecule is Cc1ccc(C(C)(C)C)c(CN(C)C(=O)c2cn[nH]c2)c1. The number of aromatic amines is 1. The van der Waals surface area contributed by atoms with E-state index in [-0.39, 0.29) is 11.3 Å². The van der Waals surface area contributed by atoms with Crippen LogP contribution in [-0.4, -0.2) is 28.1 Å². The van der Waals surface area contributed by atoms with Crippen molar-refractivity contribution in [1.82, 2.24) is 15.1 Å². The minimum absolute atomic E-state index is 0.0230. The first kappa shape index (κ1) is 15.3. The average molecular weight is 285 g/mol. The quantitative estimate of drug-likeness (QED) is 0.940. The van der Waals surface area contributed by atoms with Crippen molar-refractivity contribution in [2.75, 3.05) is 7.05 Å². The van der Waals surface area contributed by atoms with E-state index in [1.165, 1.54) is 16.7 Å². The predicted octanol–water partition coefficient (Wildman–Crippen LogP) is 3.29. The molecular weight excluding hydrogens is 262 g/mol. The van der Waals surface area contributed by atoms with Gasteiger partial charge in [-0.25, -0.2) is 0 Å². The van der Waals surface area contributed by atoms with Gasteiger partial charge in [-0.15, -0.1) is 0 Å². The fourth-order valence-electron chi connectivity index (χ4n) is 2.50. The lowest BCUT2D eigenvalue weighted by Gasteiger charge is -2.26. The van der Waals surface area contributed by atoms with Gasteiger partial charge in [-0.05, 0) is 23.5 Å². The standard InChI is InChI=1S/C17H23N3O/c1-12-6-7-15(17(2,3)4)13(8-12)11-20(5)16(21)14-9-18-19-10-14/h6-10H,11H2,1-5H3,(H,18,19). The largest absolute Gasteiger partial charge is 0.337 e. The number of carbonyl (C=O) groups excluding carboxylic acids is 1. The first-order chi connectivity index (χ1) is 9.79. The van der Waals surface area contributed by atoms with Crippen LogP contribution in [0.1, 0.15) is 47.8 Å². The predicted molar refractivity (Wildman–Crippen MR) is 84.3 cm³/mol. The Balaban J connectivity index is 2.26. The summed E-state index contributed by atoms with van der Waals surface area (Å²) in [7, 11) is 1.82. The monoisotopic (exact) mass is 285 g/mol. The van der Waals surface area contributed by atoms with Gasteiger partial charge in [0.25, 0.3) is 5.91 Å². The summed E-state index contributed by atoms with van der Waals surface area (Å²) in [6, 6.07) is 6.46. The van der Waals surface area contributed by atoms with Crippen molar-refractivity contribution in [2.45, 2.75) is 39.7 Å². The van der Waals surface area contributed by atoms with Gasteiger partial charge in [-0.2, -0.15) is 5.10 Å². The van der Waals surface area contributed by atoms with Gasteiger partial charge in [-0.3, -0.25) is 9.89 Å². The van der Waals surface area contributed by atoms with E-state index in [0.29, 0.717) is 12.1 Å². The summed E-state index contributed by atoms with van der Waals surface area (Å²) in [4.78, 5) is 14.1. The molecule has 1 aromatic heterocycles. The second-order valence-electron chi connectivity index (χ2n) is 6.56. The maximum atomic E-state index is 12.3. The molecule has 2 rings (SSSR count). The number of aryl methyl sites for hydroxylation is 1. The first-order valence-corrected chi connectivity index (χ1v) is 7.13. The Labute approximate surface area is 126 Å². The number of rotatable bonds is 3. The average Bonchev–Trinajstić information content (AvgIpc) is 2.90. The van der Waals surface area contributed by atoms with E-state index in [2.05, 4.69) is 56.1 Å². The molecule has 1 aromatic carbocycles. The molecule has 0 fully saturated rings. The number of H-pyrrole nitrogens is 1. The van der Waals surface area contributed by atoms with E-state index >= 15 is 0 Å². The molecule has 0 radical (unpaired) electrons. The van der Waals surface area contributed by atoms with Gasteiger partial charge in [0.05, 0.1) is 11.8 Å². The third kappa shape index (κ3) is 3.51. The van der Waals surface area contributed by atoms with Crippen LogP contribution in [0.3, 0.4) is 0 Å². The fraction of sp³-hybridized carbons (Fsp3) is 0.412. The molecule has 112 valence electrons. The highest BCUT2D eigenvalue weighted by atomic mass is 16.2. The van der Waals surface area contributed by atoms with E-state index in [1.807, 2.05) is 7.05 Å². The number of amides is 1. The summed E-state index contributed by atoms with van der Waals surface area (Å²) >= 11 is 0. The topological polar surface area (TPSA) is 49.0 Å². The maximum Gasteiger partial charge on any atom is 0.257 e. The Kier molecular flexibility index (Phi) is 4.16. The minimum atomic E-state index is -0.0230. The highest BCUT2D eigenvalue weighted by molar-refractivity contribution is 5.93. The zero-order valence-electron chi connectivity index (χ0n) is 13.4. The normalized spacial score (nSPS) is 11.5. The van der Waals surface area contributed by atoms with Crippen LogP contribution >= 0.6 is 0 Å². The lowest BCUT2D eigenvalue weighted by Crippen LogP contribution is -2.27. The van der Waals surface area contributed by atoms with Crippen LogP contribution in [0.15, 0.2) is 30.6 Å². The Bertz CT molecular complexity index is 624. The molecule has 4 heteroatoms. The molecule has 0 saturated heterocycles. The minimum Gasteiger partial charge on any atom is -0.337 e. The van der Waals surface area contributed by atoms with Gasteiger partial charge in [0.2, 0.25) is 0 Å². The van der Waals surface area contributed by atoms with E-state index in [4.69, 9.17) is 0 Å². The number of nitrogens with one attached hydrogen (secondary N) is 1. The van der Waals surface area contributed by atoms with Crippen LogP contribution < -0.4 is 0 Å². The van der Waals surface area contributed by atoms with Crippen molar-refractivity contribution in [1.29, 1.82) is 0 Å². The third-order valence-corrected chi connectivity index (χ3v) is 3.57. The van der Waals surface area contributed by atoms with Gasteiger partial charge in [0, 0.05) is 19.8 Å². The Morgan fingerprint density at radius 1 is 1.33 bits per heavy atom. The van der Waals surface area contributed by atoms with Crippen LogP contribution in [0.2, 0.25) is 0 Å². The zero-order chi connectivity index (χ0) is 15.6. The molecule has 0 saturated carbocycles. The van der Waals surface area contributed by atoms with E-state index in [9.17, 15) is 4.79 Å². The van der Waals surface area contributed by atoms with Crippen molar-refractivity contribution < 1.29 is 4.79 Å². The van der Waals surface area contributed by atoms with Crippen LogP contribution in [-0.2, 0) is 12.0 Å². The van der Waals surface area contributed by atoms with Crippen LogP contribution in [0.25, 0.3) is 0 Å². The lowest BCUT2D eigenvalue weighted by molar-refractivity contribution is 0.0784. The van der Waals surface area contributed by atoms with E-state index in [0.717, 1.165) is 0 Å². The molecule has 21 heavy (non-hydrogen) atoms. The lowest BCUT2D eigenvalue weighted by atomic mass is 9.83. The molecule has 2 aromatic rings. The van der Waals surface area contributed by atoms with Gasteiger partial charge in [0.1, 0.15) is 0 Å². The highest BCUT2D eigenvalue weighted by Gasteiger charge is 2.20. The summed E-state index contributed by atoms with van der Waals surface area (Å²) in [5.74, 6) is -0.0230. The summed E-state index contributed by atoms with van der Waals surface area (Å²) in [5.41, 5.74) is 4.33. The van der Waals surface area contributed by atoms with Gasteiger partial charge in [0.15, 0.2) is 0 Å². The van der Waals surface area contributed by atoms with Gasteiger partial charge >= 0.3 is 0 Å². The molecule has 0 bridgehead atoms. The van der Waals surface area contributed by atoms with E-state index in [1.54, 1.807) is 17.3 Å². The van der Waals surface area contributed by atoms with Crippen LogP contribution in [0.4, 0.5) is 0 Å². The van der Waals surface area contributed by atoms with Crippen molar-refractivity contribution in [2.24, 2.45) is 0 Å². The molecule has 0 spiro atoms. The molecule has 0 aliphatic carbocycles. The number of carbonyl (C=O) groups is 1. The fourth-order valence-corrected chi connectivity index (χ4v) is 2.50. The van der Waals surface area contributed by atoms with E-state index < -0.39 is 0 Å². The van der Waals surface area contributed by atoms with Crippen molar-refractivity contribution in [3.8, 4) is 0 Å². The Morgan fingerprint density at radius 2 is 2.05 bits per heavy atom. The highest BCUT2D eigenvalue weighted by Crippen LogP contribution is 2.27. The summed E-state index contributed by atoms with van der Waals surface area (Å²) < 4.78 is 0. The second kappa shape index (κ2) is 5.72. The first-order valence-electron chi connectivity index (χ1n) is 7.13. The zero-order valence-corrected chi connectivity index (χ0v) is 13.4. The number of hydrogen-bond donors (Lipinski definition) is 1. The molecule has 4 nitrogen and oxygen atoms in total. The molecule has 1 heterocycles. The van der Waals surface area contributed by atoms with Crippen LogP contribution in [0.5, 0.6) is 0 Å². The number of nitrogens with zero attached hydrogens (tertiary/aromatic N) is 2. The third-order valence-electron chi connectivity index (χ3n) is 3.57.